The lowest BCUT2D eigenvalue weighted by molar-refractivity contribution is 0.0697. The first-order valence-electron chi connectivity index (χ1n) is 7.67. The van der Waals surface area contributed by atoms with Crippen molar-refractivity contribution in [1.29, 1.82) is 5.41 Å². The molecule has 2 N–H and O–H groups in total. The summed E-state index contributed by atoms with van der Waals surface area (Å²) >= 11 is 0. The zero-order chi connectivity index (χ0) is 18.5. The van der Waals surface area contributed by atoms with Gasteiger partial charge in [-0.25, -0.2) is 4.79 Å². The van der Waals surface area contributed by atoms with Gasteiger partial charge in [0, 0.05) is 11.4 Å². The van der Waals surface area contributed by atoms with Gasteiger partial charge in [-0.1, -0.05) is 48.5 Å². The maximum Gasteiger partial charge on any atom is 0.337 e. The minimum absolute atomic E-state index is 0.0428. The Morgan fingerprint density at radius 3 is 2.35 bits per heavy atom. The molecule has 0 aliphatic heterocycles. The van der Waals surface area contributed by atoms with Gasteiger partial charge in [0.2, 0.25) is 5.78 Å². The highest BCUT2D eigenvalue weighted by atomic mass is 16.4. The minimum Gasteiger partial charge on any atom is -0.478 e. The molecule has 3 aromatic carbocycles. The van der Waals surface area contributed by atoms with Crippen molar-refractivity contribution in [3.8, 4) is 0 Å². The largest absolute Gasteiger partial charge is 0.478 e. The molecule has 0 radical (unpaired) electrons. The molecule has 0 amide bonds. The quantitative estimate of drug-likeness (QED) is 0.305. The smallest absolute Gasteiger partial charge is 0.337 e. The van der Waals surface area contributed by atoms with Crippen molar-refractivity contribution in [3.05, 3.63) is 83.6 Å². The summed E-state index contributed by atoms with van der Waals surface area (Å²) in [7, 11) is 0. The fourth-order valence-corrected chi connectivity index (χ4v) is 2.44. The van der Waals surface area contributed by atoms with E-state index in [-0.39, 0.29) is 16.9 Å². The molecule has 0 aliphatic rings. The summed E-state index contributed by atoms with van der Waals surface area (Å²) in [5, 5.41) is 25.9. The Morgan fingerprint density at radius 2 is 1.62 bits per heavy atom. The van der Waals surface area contributed by atoms with Crippen LogP contribution in [0.4, 0.5) is 5.69 Å². The maximum absolute atomic E-state index is 12.6. The Hall–Kier alpha value is -3.89. The predicted octanol–water partition coefficient (Wildman–Crippen LogP) is 4.64. The topological polar surface area (TPSA) is 103 Å². The lowest BCUT2D eigenvalue weighted by atomic mass is 10.0. The second kappa shape index (κ2) is 7.34. The van der Waals surface area contributed by atoms with Gasteiger partial charge in [-0.2, -0.15) is 0 Å². The van der Waals surface area contributed by atoms with Crippen molar-refractivity contribution < 1.29 is 14.7 Å². The van der Waals surface area contributed by atoms with Crippen LogP contribution in [0.2, 0.25) is 0 Å². The third-order valence-electron chi connectivity index (χ3n) is 3.74. The number of hydrogen-bond donors (Lipinski definition) is 2. The summed E-state index contributed by atoms with van der Waals surface area (Å²) in [5.74, 6) is 0.313. The van der Waals surface area contributed by atoms with E-state index in [4.69, 9.17) is 10.5 Å². The van der Waals surface area contributed by atoms with Crippen molar-refractivity contribution in [2.75, 3.05) is 0 Å². The summed E-state index contributed by atoms with van der Waals surface area (Å²) in [6, 6.07) is 18.8. The van der Waals surface area contributed by atoms with E-state index in [1.807, 2.05) is 30.1 Å². The number of nitrogens with zero attached hydrogens (tertiary/aromatic N) is 2. The second-order valence-corrected chi connectivity index (χ2v) is 5.39. The van der Waals surface area contributed by atoms with Crippen LogP contribution in [0, 0.1) is 5.41 Å². The van der Waals surface area contributed by atoms with Crippen LogP contribution in [0.3, 0.4) is 0 Å². The molecule has 0 aromatic heterocycles. The number of carbonyl (C=O) groups is 2. The van der Waals surface area contributed by atoms with Crippen LogP contribution in [0.5, 0.6) is 0 Å². The zero-order valence-electron chi connectivity index (χ0n) is 13.5. The number of aromatic carboxylic acids is 1. The molecule has 26 heavy (non-hydrogen) atoms. The number of azo groups is 1. The molecular formula is C20H13N3O3. The number of hydrogen-bond acceptors (Lipinski definition) is 5. The van der Waals surface area contributed by atoms with Crippen LogP contribution < -0.4 is 0 Å². The van der Waals surface area contributed by atoms with E-state index in [1.165, 1.54) is 12.1 Å². The molecule has 0 fully saturated rings. The fourth-order valence-electron chi connectivity index (χ4n) is 2.44. The Morgan fingerprint density at radius 1 is 0.923 bits per heavy atom. The molecule has 0 saturated carbocycles. The van der Waals surface area contributed by atoms with E-state index in [1.54, 1.807) is 30.3 Å². The average molecular weight is 343 g/mol. The number of fused-ring (bicyclic) bond motifs is 1. The van der Waals surface area contributed by atoms with E-state index in [2.05, 4.69) is 10.2 Å². The van der Waals surface area contributed by atoms with E-state index in [9.17, 15) is 9.59 Å². The van der Waals surface area contributed by atoms with E-state index in [0.717, 1.165) is 10.8 Å². The van der Waals surface area contributed by atoms with Crippen LogP contribution in [0.1, 0.15) is 20.7 Å². The van der Waals surface area contributed by atoms with Crippen molar-refractivity contribution >= 4 is 34.1 Å². The molecule has 6 nitrogen and oxygen atoms in total. The highest BCUT2D eigenvalue weighted by Crippen LogP contribution is 2.21. The molecule has 0 spiro atoms. The summed E-state index contributed by atoms with van der Waals surface area (Å²) in [6.45, 7) is 0. The summed E-state index contributed by atoms with van der Waals surface area (Å²) in [5.41, 5.74) is 0.0992. The predicted molar refractivity (Wildman–Crippen MR) is 97.4 cm³/mol. The minimum atomic E-state index is -1.15. The van der Waals surface area contributed by atoms with Gasteiger partial charge in [-0.15, -0.1) is 10.2 Å². The Balaban J connectivity index is 1.92. The maximum atomic E-state index is 12.6. The molecule has 0 aliphatic carbocycles. The first-order valence-corrected chi connectivity index (χ1v) is 7.67. The van der Waals surface area contributed by atoms with E-state index < -0.39 is 11.8 Å². The van der Waals surface area contributed by atoms with Crippen molar-refractivity contribution in [3.63, 3.8) is 0 Å². The lowest BCUT2D eigenvalue weighted by Crippen LogP contribution is -2.02. The van der Waals surface area contributed by atoms with Crippen LogP contribution >= 0.6 is 0 Å². The zero-order valence-corrected chi connectivity index (χ0v) is 13.5. The second-order valence-electron chi connectivity index (χ2n) is 5.39. The average Bonchev–Trinajstić information content (AvgIpc) is 2.68. The molecule has 3 rings (SSSR count). The van der Waals surface area contributed by atoms with E-state index in [0.29, 0.717) is 5.56 Å². The third kappa shape index (κ3) is 3.45. The SMILES string of the molecule is N=C=C(N=Nc1ccccc1C(=O)O)C(=O)c1ccc2ccccc2c1. The first-order chi connectivity index (χ1) is 12.6. The van der Waals surface area contributed by atoms with Crippen LogP contribution in [-0.4, -0.2) is 22.7 Å². The highest BCUT2D eigenvalue weighted by molar-refractivity contribution is 6.14. The van der Waals surface area contributed by atoms with Gasteiger partial charge in [-0.3, -0.25) is 10.2 Å². The summed E-state index contributed by atoms with van der Waals surface area (Å²) in [4.78, 5) is 23.8. The van der Waals surface area contributed by atoms with Crippen LogP contribution in [-0.2, 0) is 0 Å². The number of allylic oxidation sites excluding steroid dienone is 1. The molecule has 0 unspecified atom stereocenters. The Kier molecular flexibility index (Phi) is 4.78. The van der Waals surface area contributed by atoms with Crippen molar-refractivity contribution in [2.45, 2.75) is 0 Å². The number of nitrogens with one attached hydrogen (secondary N) is 1. The van der Waals surface area contributed by atoms with E-state index >= 15 is 0 Å². The number of Topliss-reactive ketones (excluding diaryl/α,β-unsaturated/α-hetero) is 1. The van der Waals surface area contributed by atoms with Crippen LogP contribution in [0.25, 0.3) is 10.8 Å². The normalized spacial score (nSPS) is 10.6. The molecule has 3 aromatic rings. The Bertz CT molecular complexity index is 1100. The monoisotopic (exact) mass is 343 g/mol. The van der Waals surface area contributed by atoms with Gasteiger partial charge < -0.3 is 5.11 Å². The van der Waals surface area contributed by atoms with Gasteiger partial charge in [0.25, 0.3) is 0 Å². The van der Waals surface area contributed by atoms with Gasteiger partial charge in [0.15, 0.2) is 5.70 Å². The van der Waals surface area contributed by atoms with Crippen LogP contribution in [0.15, 0.2) is 82.7 Å². The van der Waals surface area contributed by atoms with Gasteiger partial charge in [-0.05, 0) is 29.0 Å². The number of rotatable bonds is 5. The first kappa shape index (κ1) is 17.0. The third-order valence-corrected chi connectivity index (χ3v) is 3.74. The fraction of sp³-hybridized carbons (Fsp3) is 0. The number of carboxylic acid groups (broad SMARTS) is 1. The highest BCUT2D eigenvalue weighted by Gasteiger charge is 2.14. The number of ketones is 1. The molecule has 126 valence electrons. The molecular weight excluding hydrogens is 330 g/mol. The number of benzene rings is 3. The molecule has 0 saturated heterocycles. The van der Waals surface area contributed by atoms with Gasteiger partial charge in [0.1, 0.15) is 5.69 Å². The molecule has 6 heteroatoms. The standard InChI is InChI=1S/C20H13N3O3/c21-12-18(23-22-17-8-4-3-7-16(17)20(25)26)19(24)15-10-9-13-5-1-2-6-14(13)11-15/h1-11,21H,(H,25,26). The number of carbonyl (C=O) groups excluding carboxylic acids is 1. The molecule has 0 atom stereocenters. The van der Waals surface area contributed by atoms with Gasteiger partial charge in [0.05, 0.1) is 5.56 Å². The molecule has 0 heterocycles. The van der Waals surface area contributed by atoms with Crippen molar-refractivity contribution in [1.82, 2.24) is 0 Å². The summed E-state index contributed by atoms with van der Waals surface area (Å²) in [6.07, 6.45) is 0. The summed E-state index contributed by atoms with van der Waals surface area (Å²) < 4.78 is 0. The number of carboxylic acids is 1. The lowest BCUT2D eigenvalue weighted by Gasteiger charge is -2.02. The van der Waals surface area contributed by atoms with Gasteiger partial charge >= 0.3 is 5.97 Å². The van der Waals surface area contributed by atoms with Crippen molar-refractivity contribution in [2.24, 2.45) is 10.2 Å². The molecule has 0 bridgehead atoms. The Labute approximate surface area is 148 Å².